The number of sulfonamides is 1. The van der Waals surface area contributed by atoms with Crippen molar-refractivity contribution in [1.29, 1.82) is 0 Å². The Balaban J connectivity index is 2.09. The molecule has 1 aromatic carbocycles. The van der Waals surface area contributed by atoms with Crippen molar-refractivity contribution in [2.75, 3.05) is 13.1 Å². The lowest BCUT2D eigenvalue weighted by Gasteiger charge is -2.35. The van der Waals surface area contributed by atoms with Crippen LogP contribution >= 0.6 is 0 Å². The average molecular weight is 394 g/mol. The summed E-state index contributed by atoms with van der Waals surface area (Å²) in [5.41, 5.74) is 1.94. The Morgan fingerprint density at radius 2 is 1.81 bits per heavy atom. The predicted octanol–water partition coefficient (Wildman–Crippen LogP) is 4.71. The van der Waals surface area contributed by atoms with E-state index >= 15 is 0 Å². The van der Waals surface area contributed by atoms with E-state index in [1.165, 1.54) is 4.31 Å². The maximum atomic E-state index is 12.8. The van der Waals surface area contributed by atoms with E-state index in [-0.39, 0.29) is 11.0 Å². The van der Waals surface area contributed by atoms with E-state index in [0.29, 0.717) is 18.0 Å². The van der Waals surface area contributed by atoms with Crippen LogP contribution in [-0.4, -0.2) is 34.1 Å². The highest BCUT2D eigenvalue weighted by molar-refractivity contribution is 7.89. The van der Waals surface area contributed by atoms with Crippen LogP contribution in [0.5, 0.6) is 0 Å². The van der Waals surface area contributed by atoms with Crippen LogP contribution in [0.3, 0.4) is 0 Å². The molecule has 1 aromatic rings. The third-order valence-electron chi connectivity index (χ3n) is 5.44. The number of hydrogen-bond acceptors (Lipinski definition) is 3. The predicted molar refractivity (Wildman–Crippen MR) is 110 cm³/mol. The van der Waals surface area contributed by atoms with Gasteiger partial charge >= 0.3 is 0 Å². The molecule has 0 bridgehead atoms. The number of nitrogens with zero attached hydrogens (tertiary/aromatic N) is 1. The summed E-state index contributed by atoms with van der Waals surface area (Å²) in [7, 11) is -5.35. The highest BCUT2D eigenvalue weighted by Gasteiger charge is 2.38. The van der Waals surface area contributed by atoms with Gasteiger partial charge in [-0.2, -0.15) is 4.31 Å². The SMILES string of the molecule is C=C1CN(S(=O)(=O)c2ccc(C)cc2)CC1/C=C/O[Si](C)(C)C(C)(C)C. The van der Waals surface area contributed by atoms with Gasteiger partial charge in [0.1, 0.15) is 0 Å². The van der Waals surface area contributed by atoms with Crippen molar-refractivity contribution in [3.05, 3.63) is 54.3 Å². The van der Waals surface area contributed by atoms with Crippen LogP contribution in [-0.2, 0) is 14.4 Å². The van der Waals surface area contributed by atoms with Crippen LogP contribution in [0.1, 0.15) is 26.3 Å². The van der Waals surface area contributed by atoms with Gasteiger partial charge in [0.25, 0.3) is 0 Å². The van der Waals surface area contributed by atoms with Crippen molar-refractivity contribution >= 4 is 18.3 Å². The summed E-state index contributed by atoms with van der Waals surface area (Å²) in [4.78, 5) is 0.332. The van der Waals surface area contributed by atoms with Gasteiger partial charge in [0, 0.05) is 19.0 Å². The lowest BCUT2D eigenvalue weighted by atomic mass is 10.1. The first kappa shape index (κ1) is 20.9. The summed E-state index contributed by atoms with van der Waals surface area (Å²) in [6, 6.07) is 6.97. The topological polar surface area (TPSA) is 46.6 Å². The Kier molecular flexibility index (Phi) is 5.90. The zero-order valence-corrected chi connectivity index (χ0v) is 18.6. The molecule has 0 radical (unpaired) electrons. The van der Waals surface area contributed by atoms with Gasteiger partial charge in [-0.25, -0.2) is 8.42 Å². The minimum absolute atomic E-state index is 0.0139. The largest absolute Gasteiger partial charge is 0.549 e. The van der Waals surface area contributed by atoms with Crippen LogP contribution in [0.4, 0.5) is 0 Å². The second-order valence-corrected chi connectivity index (χ2v) is 15.3. The summed E-state index contributed by atoms with van der Waals surface area (Å²) >= 11 is 0. The molecule has 2 rings (SSSR count). The van der Waals surface area contributed by atoms with Gasteiger partial charge in [0.05, 0.1) is 11.2 Å². The van der Waals surface area contributed by atoms with Crippen molar-refractivity contribution in [2.24, 2.45) is 5.92 Å². The number of hydrogen-bond donors (Lipinski definition) is 0. The Bertz CT molecular complexity index is 789. The summed E-state index contributed by atoms with van der Waals surface area (Å²) in [6.07, 6.45) is 3.71. The molecule has 0 aromatic heterocycles. The molecule has 1 fully saturated rings. The third kappa shape index (κ3) is 4.48. The first-order valence-electron chi connectivity index (χ1n) is 8.93. The van der Waals surface area contributed by atoms with Gasteiger partial charge in [0.2, 0.25) is 18.3 Å². The molecule has 26 heavy (non-hydrogen) atoms. The quantitative estimate of drug-likeness (QED) is 0.413. The zero-order chi connectivity index (χ0) is 19.8. The van der Waals surface area contributed by atoms with Crippen LogP contribution < -0.4 is 0 Å². The molecule has 0 amide bonds. The maximum Gasteiger partial charge on any atom is 0.249 e. The van der Waals surface area contributed by atoms with E-state index in [4.69, 9.17) is 4.43 Å². The number of rotatable bonds is 5. The van der Waals surface area contributed by atoms with Crippen LogP contribution in [0.2, 0.25) is 18.1 Å². The number of benzene rings is 1. The molecular formula is C20H31NO3SSi. The van der Waals surface area contributed by atoms with Crippen molar-refractivity contribution in [1.82, 2.24) is 4.31 Å². The monoisotopic (exact) mass is 393 g/mol. The maximum absolute atomic E-state index is 12.8. The second kappa shape index (κ2) is 7.33. The fourth-order valence-electron chi connectivity index (χ4n) is 2.48. The van der Waals surface area contributed by atoms with Gasteiger partial charge in [-0.05, 0) is 43.3 Å². The van der Waals surface area contributed by atoms with Gasteiger partial charge in [-0.1, -0.05) is 50.6 Å². The summed E-state index contributed by atoms with van der Waals surface area (Å²) < 4.78 is 33.2. The molecule has 1 aliphatic rings. The molecule has 1 unspecified atom stereocenters. The van der Waals surface area contributed by atoms with E-state index in [9.17, 15) is 8.42 Å². The van der Waals surface area contributed by atoms with E-state index in [1.807, 2.05) is 25.1 Å². The highest BCUT2D eigenvalue weighted by atomic mass is 32.2. The normalized spacial score (nSPS) is 20.1. The molecule has 6 heteroatoms. The molecule has 0 aliphatic carbocycles. The summed E-state index contributed by atoms with van der Waals surface area (Å²) in [5, 5.41) is 0.130. The van der Waals surface area contributed by atoms with Crippen molar-refractivity contribution in [3.63, 3.8) is 0 Å². The Labute approximate surface area is 159 Å². The first-order chi connectivity index (χ1) is 11.8. The minimum atomic E-state index is -3.49. The lowest BCUT2D eigenvalue weighted by Crippen LogP contribution is -2.39. The van der Waals surface area contributed by atoms with Gasteiger partial charge in [-0.3, -0.25) is 0 Å². The molecular weight excluding hydrogens is 362 g/mol. The third-order valence-corrected chi connectivity index (χ3v) is 11.6. The van der Waals surface area contributed by atoms with E-state index in [0.717, 1.165) is 11.1 Å². The van der Waals surface area contributed by atoms with Crippen molar-refractivity contribution < 1.29 is 12.8 Å². The molecule has 0 N–H and O–H groups in total. The Morgan fingerprint density at radius 1 is 1.23 bits per heavy atom. The molecule has 1 heterocycles. The highest BCUT2D eigenvalue weighted by Crippen LogP contribution is 2.37. The fourth-order valence-corrected chi connectivity index (χ4v) is 4.72. The molecule has 0 spiro atoms. The van der Waals surface area contributed by atoms with Crippen LogP contribution in [0.15, 0.2) is 53.7 Å². The summed E-state index contributed by atoms with van der Waals surface area (Å²) in [6.45, 7) is 17.7. The van der Waals surface area contributed by atoms with Crippen LogP contribution in [0.25, 0.3) is 0 Å². The van der Waals surface area contributed by atoms with Crippen molar-refractivity contribution in [3.8, 4) is 0 Å². The Hall–Kier alpha value is -1.37. The first-order valence-corrected chi connectivity index (χ1v) is 13.3. The lowest BCUT2D eigenvalue weighted by molar-refractivity contribution is 0.424. The van der Waals surface area contributed by atoms with Gasteiger partial charge in [0.15, 0.2) is 0 Å². The average Bonchev–Trinajstić information content (AvgIpc) is 2.88. The molecule has 4 nitrogen and oxygen atoms in total. The molecule has 1 saturated heterocycles. The van der Waals surface area contributed by atoms with Gasteiger partial charge in [-0.15, -0.1) is 0 Å². The van der Waals surface area contributed by atoms with Gasteiger partial charge < -0.3 is 4.43 Å². The summed E-state index contributed by atoms with van der Waals surface area (Å²) in [5.74, 6) is -0.0139. The van der Waals surface area contributed by atoms with E-state index < -0.39 is 18.3 Å². The molecule has 1 aliphatic heterocycles. The molecule has 144 valence electrons. The second-order valence-electron chi connectivity index (χ2n) is 8.58. The van der Waals surface area contributed by atoms with E-state index in [1.54, 1.807) is 18.4 Å². The number of aryl methyl sites for hydroxylation is 1. The standard InChI is InChI=1S/C20H31NO3SSi/c1-16-8-10-19(11-9-16)25(22,23)21-14-17(2)18(15-21)12-13-24-26(6,7)20(3,4)5/h8-13,18H,2,14-15H2,1,3-7H3/b13-12+. The smallest absolute Gasteiger partial charge is 0.249 e. The Morgan fingerprint density at radius 3 is 2.35 bits per heavy atom. The molecule has 0 saturated carbocycles. The fraction of sp³-hybridized carbons (Fsp3) is 0.500. The minimum Gasteiger partial charge on any atom is -0.549 e. The van der Waals surface area contributed by atoms with Crippen molar-refractivity contribution in [2.45, 2.75) is 50.7 Å². The zero-order valence-electron chi connectivity index (χ0n) is 16.7. The van der Waals surface area contributed by atoms with Crippen LogP contribution in [0, 0.1) is 12.8 Å². The molecule has 1 atom stereocenters. The van der Waals surface area contributed by atoms with E-state index in [2.05, 4.69) is 40.4 Å².